The fourth-order valence-electron chi connectivity index (χ4n) is 4.15. The van der Waals surface area contributed by atoms with Crippen molar-refractivity contribution in [3.63, 3.8) is 0 Å². The van der Waals surface area contributed by atoms with Crippen molar-refractivity contribution in [2.45, 2.75) is 44.3 Å². The van der Waals surface area contributed by atoms with Gasteiger partial charge in [-0.05, 0) is 57.4 Å². The second-order valence-corrected chi connectivity index (χ2v) is 7.69. The summed E-state index contributed by atoms with van der Waals surface area (Å²) in [5.41, 5.74) is 7.29. The molecule has 1 aromatic carbocycles. The van der Waals surface area contributed by atoms with Gasteiger partial charge < -0.3 is 21.3 Å². The summed E-state index contributed by atoms with van der Waals surface area (Å²) in [6, 6.07) is 3.81. The number of nitrogens with two attached hydrogens (primary N) is 1. The van der Waals surface area contributed by atoms with Gasteiger partial charge in [0, 0.05) is 36.1 Å². The maximum absolute atomic E-state index is 13.1. The number of anilines is 4. The second-order valence-electron chi connectivity index (χ2n) is 7.69. The van der Waals surface area contributed by atoms with Crippen molar-refractivity contribution < 1.29 is 13.2 Å². The number of hydrogen-bond acceptors (Lipinski definition) is 6. The van der Waals surface area contributed by atoms with Crippen molar-refractivity contribution in [1.82, 2.24) is 15.3 Å². The van der Waals surface area contributed by atoms with Crippen LogP contribution in [0, 0.1) is 0 Å². The van der Waals surface area contributed by atoms with Crippen LogP contribution in [0.5, 0.6) is 0 Å². The molecule has 0 amide bonds. The van der Waals surface area contributed by atoms with E-state index in [2.05, 4.69) is 20.5 Å². The van der Waals surface area contributed by atoms with Gasteiger partial charge in [-0.1, -0.05) is 0 Å². The number of hydrogen-bond donors (Lipinski definition) is 3. The zero-order valence-electron chi connectivity index (χ0n) is 16.3. The van der Waals surface area contributed by atoms with Gasteiger partial charge in [0.25, 0.3) is 0 Å². The number of likely N-dealkylation sites (N-methyl/N-ethyl adjacent to an activating group) is 1. The second kappa shape index (κ2) is 7.70. The van der Waals surface area contributed by atoms with Crippen LogP contribution in [0.3, 0.4) is 0 Å². The minimum absolute atomic E-state index is 0.0385. The first kappa shape index (κ1) is 19.8. The number of fused-ring (bicyclic) bond motifs is 1. The van der Waals surface area contributed by atoms with E-state index >= 15 is 0 Å². The third-order valence-electron chi connectivity index (χ3n) is 5.58. The number of alkyl halides is 3. The molecule has 0 bridgehead atoms. The largest absolute Gasteiger partial charge is 0.416 e. The van der Waals surface area contributed by atoms with Gasteiger partial charge >= 0.3 is 6.18 Å². The van der Waals surface area contributed by atoms with Gasteiger partial charge in [-0.25, -0.2) is 4.98 Å². The number of nitrogens with one attached hydrogen (secondary N) is 2. The summed E-state index contributed by atoms with van der Waals surface area (Å²) in [5, 5.41) is 6.28. The molecule has 9 heteroatoms. The molecule has 2 aliphatic rings. The molecular formula is C20H25F3N6. The molecule has 4 rings (SSSR count). The summed E-state index contributed by atoms with van der Waals surface area (Å²) in [7, 11) is 1.96. The van der Waals surface area contributed by atoms with E-state index in [9.17, 15) is 13.2 Å². The van der Waals surface area contributed by atoms with Crippen LogP contribution in [-0.4, -0.2) is 36.1 Å². The van der Waals surface area contributed by atoms with Gasteiger partial charge in [-0.2, -0.15) is 18.2 Å². The number of halogens is 3. The number of nitrogens with zero attached hydrogens (tertiary/aromatic N) is 3. The third kappa shape index (κ3) is 4.24. The molecule has 1 saturated heterocycles. The Hall–Kier alpha value is -2.55. The SMILES string of the molecule is CNC1CCCN(c2nc(Nc3cc(N)cc(C(F)(F)F)c3)nc3c2CCC3)C1. The number of nitrogen functional groups attached to an aromatic ring is 1. The first-order chi connectivity index (χ1) is 13.8. The van der Waals surface area contributed by atoms with E-state index in [1.54, 1.807) is 0 Å². The maximum Gasteiger partial charge on any atom is 0.416 e. The average Bonchev–Trinajstić information content (AvgIpc) is 3.15. The average molecular weight is 406 g/mol. The molecule has 2 heterocycles. The quantitative estimate of drug-likeness (QED) is 0.675. The van der Waals surface area contributed by atoms with Gasteiger partial charge in [0.1, 0.15) is 5.82 Å². The first-order valence-corrected chi connectivity index (χ1v) is 9.90. The Balaban J connectivity index is 1.66. The highest BCUT2D eigenvalue weighted by Gasteiger charge is 2.31. The minimum atomic E-state index is -4.47. The maximum atomic E-state index is 13.1. The van der Waals surface area contributed by atoms with Crippen LogP contribution >= 0.6 is 0 Å². The molecule has 29 heavy (non-hydrogen) atoms. The van der Waals surface area contributed by atoms with Gasteiger partial charge in [0.2, 0.25) is 5.95 Å². The fourth-order valence-corrected chi connectivity index (χ4v) is 4.15. The van der Waals surface area contributed by atoms with Crippen molar-refractivity contribution in [3.8, 4) is 0 Å². The Morgan fingerprint density at radius 1 is 1.14 bits per heavy atom. The summed E-state index contributed by atoms with van der Waals surface area (Å²) in [5.74, 6) is 1.21. The third-order valence-corrected chi connectivity index (χ3v) is 5.58. The lowest BCUT2D eigenvalue weighted by Crippen LogP contribution is -2.45. The molecule has 1 aliphatic heterocycles. The molecule has 1 unspecified atom stereocenters. The van der Waals surface area contributed by atoms with E-state index in [1.165, 1.54) is 6.07 Å². The van der Waals surface area contributed by atoms with E-state index in [0.717, 1.165) is 74.4 Å². The van der Waals surface area contributed by atoms with Gasteiger partial charge in [0.05, 0.1) is 11.3 Å². The summed E-state index contributed by atoms with van der Waals surface area (Å²) in [6.07, 6.45) is 0.522. The predicted molar refractivity (Wildman–Crippen MR) is 107 cm³/mol. The summed E-state index contributed by atoms with van der Waals surface area (Å²) in [4.78, 5) is 11.6. The summed E-state index contributed by atoms with van der Waals surface area (Å²) >= 11 is 0. The number of aromatic nitrogens is 2. The highest BCUT2D eigenvalue weighted by Crippen LogP contribution is 2.35. The Bertz CT molecular complexity index is 899. The van der Waals surface area contributed by atoms with Crippen LogP contribution in [0.1, 0.15) is 36.1 Å². The van der Waals surface area contributed by atoms with Crippen molar-refractivity contribution in [2.24, 2.45) is 0 Å². The monoisotopic (exact) mass is 406 g/mol. The lowest BCUT2D eigenvalue weighted by Gasteiger charge is -2.34. The normalized spacial score (nSPS) is 19.3. The Morgan fingerprint density at radius 2 is 1.97 bits per heavy atom. The summed E-state index contributed by atoms with van der Waals surface area (Å²) in [6.45, 7) is 1.77. The highest BCUT2D eigenvalue weighted by molar-refractivity contribution is 5.64. The first-order valence-electron chi connectivity index (χ1n) is 9.90. The molecule has 1 atom stereocenters. The number of rotatable bonds is 4. The summed E-state index contributed by atoms with van der Waals surface area (Å²) < 4.78 is 39.3. The van der Waals surface area contributed by atoms with E-state index in [-0.39, 0.29) is 11.4 Å². The molecule has 1 aliphatic carbocycles. The van der Waals surface area contributed by atoms with Crippen molar-refractivity contribution in [1.29, 1.82) is 0 Å². The van der Waals surface area contributed by atoms with Gasteiger partial charge in [0.15, 0.2) is 0 Å². The molecule has 1 fully saturated rings. The number of benzene rings is 1. The Kier molecular flexibility index (Phi) is 5.24. The van der Waals surface area contributed by atoms with Crippen molar-refractivity contribution >= 4 is 23.1 Å². The smallest absolute Gasteiger partial charge is 0.399 e. The topological polar surface area (TPSA) is 79.1 Å². The molecule has 0 radical (unpaired) electrons. The zero-order valence-corrected chi connectivity index (χ0v) is 16.3. The van der Waals surface area contributed by atoms with E-state index in [4.69, 9.17) is 10.7 Å². The lowest BCUT2D eigenvalue weighted by molar-refractivity contribution is -0.137. The molecule has 4 N–H and O–H groups in total. The molecule has 2 aromatic rings. The predicted octanol–water partition coefficient (Wildman–Crippen LogP) is 3.50. The number of aryl methyl sites for hydroxylation is 1. The molecule has 6 nitrogen and oxygen atoms in total. The van der Waals surface area contributed by atoms with Crippen LogP contribution < -0.4 is 21.3 Å². The highest BCUT2D eigenvalue weighted by atomic mass is 19.4. The minimum Gasteiger partial charge on any atom is -0.399 e. The molecule has 156 valence electrons. The van der Waals surface area contributed by atoms with Crippen LogP contribution in [0.4, 0.5) is 36.3 Å². The molecular weight excluding hydrogens is 381 g/mol. The molecule has 0 saturated carbocycles. The van der Waals surface area contributed by atoms with Gasteiger partial charge in [-0.3, -0.25) is 0 Å². The van der Waals surface area contributed by atoms with E-state index in [0.29, 0.717) is 12.0 Å². The molecule has 1 aromatic heterocycles. The van der Waals surface area contributed by atoms with E-state index in [1.807, 2.05) is 7.05 Å². The Morgan fingerprint density at radius 3 is 2.72 bits per heavy atom. The zero-order chi connectivity index (χ0) is 20.6. The van der Waals surface area contributed by atoms with Crippen LogP contribution in [0.15, 0.2) is 18.2 Å². The standard InChI is InChI=1S/C20H25F3N6/c1-25-14-4-3-7-29(11-14)18-16-5-2-6-17(16)27-19(28-18)26-15-9-12(20(21,22)23)8-13(24)10-15/h8-10,14,25H,2-7,11,24H2,1H3,(H,26,27,28). The van der Waals surface area contributed by atoms with Crippen molar-refractivity contribution in [2.75, 3.05) is 36.1 Å². The van der Waals surface area contributed by atoms with E-state index < -0.39 is 11.7 Å². The molecule has 0 spiro atoms. The lowest BCUT2D eigenvalue weighted by atomic mass is 10.1. The van der Waals surface area contributed by atoms with Crippen LogP contribution in [0.25, 0.3) is 0 Å². The Labute approximate surface area is 167 Å². The van der Waals surface area contributed by atoms with Crippen LogP contribution in [-0.2, 0) is 19.0 Å². The van der Waals surface area contributed by atoms with Crippen LogP contribution in [0.2, 0.25) is 0 Å². The van der Waals surface area contributed by atoms with Crippen molar-refractivity contribution in [3.05, 3.63) is 35.0 Å². The fraction of sp³-hybridized carbons (Fsp3) is 0.500. The van der Waals surface area contributed by atoms with Gasteiger partial charge in [-0.15, -0.1) is 0 Å². The number of piperidine rings is 1.